The van der Waals surface area contributed by atoms with E-state index in [2.05, 4.69) is 15.9 Å². The predicted octanol–water partition coefficient (Wildman–Crippen LogP) is 5.06. The Balaban J connectivity index is 2.17. The number of alkyl halides is 3. The van der Waals surface area contributed by atoms with Crippen molar-refractivity contribution in [3.05, 3.63) is 65.2 Å². The van der Waals surface area contributed by atoms with E-state index >= 15 is 0 Å². The zero-order valence-corrected chi connectivity index (χ0v) is 12.7. The molecule has 0 amide bonds. The lowest BCUT2D eigenvalue weighted by Gasteiger charge is -2.19. The van der Waals surface area contributed by atoms with Crippen molar-refractivity contribution in [2.75, 3.05) is 6.61 Å². The fourth-order valence-electron chi connectivity index (χ4n) is 1.95. The second-order valence-electron chi connectivity index (χ2n) is 4.56. The molecule has 0 aliphatic carbocycles. The van der Waals surface area contributed by atoms with Crippen LogP contribution in [-0.4, -0.2) is 6.61 Å². The second kappa shape index (κ2) is 6.35. The van der Waals surface area contributed by atoms with Gasteiger partial charge in [0.15, 0.2) is 6.61 Å². The number of benzene rings is 2. The summed E-state index contributed by atoms with van der Waals surface area (Å²) in [6.45, 7) is 1.18. The minimum Gasteiger partial charge on any atom is -0.486 e. The summed E-state index contributed by atoms with van der Waals surface area (Å²) in [4.78, 5) is 0. The molecule has 1 nitrogen and oxygen atoms in total. The summed E-state index contributed by atoms with van der Waals surface area (Å²) in [7, 11) is 0. The average molecular weight is 341 g/mol. The molecule has 0 saturated heterocycles. The monoisotopic (exact) mass is 340 g/mol. The minimum absolute atomic E-state index is 0.0334. The van der Waals surface area contributed by atoms with Crippen LogP contribution in [-0.2, 0) is 11.3 Å². The quantitative estimate of drug-likeness (QED) is 0.691. The summed E-state index contributed by atoms with van der Waals surface area (Å²) in [5.74, 6) is -2.48. The Morgan fingerprint density at radius 3 is 2.40 bits per heavy atom. The predicted molar refractivity (Wildman–Crippen MR) is 79.6 cm³/mol. The molecule has 0 heterocycles. The van der Waals surface area contributed by atoms with Crippen LogP contribution in [0.1, 0.15) is 16.7 Å². The first kappa shape index (κ1) is 15.0. The van der Waals surface area contributed by atoms with Crippen LogP contribution < -0.4 is 4.74 Å². The van der Waals surface area contributed by atoms with Gasteiger partial charge in [-0.05, 0) is 12.5 Å². The fourth-order valence-corrected chi connectivity index (χ4v) is 2.39. The highest BCUT2D eigenvalue weighted by Gasteiger charge is 2.32. The molecule has 0 aliphatic rings. The van der Waals surface area contributed by atoms with Crippen molar-refractivity contribution in [3.63, 3.8) is 0 Å². The fraction of sp³-hybridized carbons (Fsp3) is 0.250. The molecule has 2 aromatic rings. The third-order valence-corrected chi connectivity index (χ3v) is 3.64. The van der Waals surface area contributed by atoms with Crippen molar-refractivity contribution >= 4 is 15.9 Å². The summed E-state index contributed by atoms with van der Waals surface area (Å²) in [6, 6.07) is 13.3. The molecule has 2 aromatic carbocycles. The molecule has 0 spiro atoms. The molecule has 0 bridgehead atoms. The second-order valence-corrected chi connectivity index (χ2v) is 5.12. The van der Waals surface area contributed by atoms with Gasteiger partial charge in [0.2, 0.25) is 0 Å². The van der Waals surface area contributed by atoms with E-state index in [-0.39, 0.29) is 5.56 Å². The van der Waals surface area contributed by atoms with Crippen LogP contribution in [0.4, 0.5) is 8.78 Å². The van der Waals surface area contributed by atoms with Crippen LogP contribution in [0.3, 0.4) is 0 Å². The lowest BCUT2D eigenvalue weighted by atomic mass is 10.1. The Morgan fingerprint density at radius 1 is 1.05 bits per heavy atom. The number of para-hydroxylation sites is 1. The Labute approximate surface area is 125 Å². The first-order chi connectivity index (χ1) is 9.54. The van der Waals surface area contributed by atoms with Crippen LogP contribution in [0, 0.1) is 6.92 Å². The van der Waals surface area contributed by atoms with Gasteiger partial charge in [0.1, 0.15) is 5.75 Å². The van der Waals surface area contributed by atoms with E-state index in [0.717, 1.165) is 11.1 Å². The molecule has 2 rings (SSSR count). The SMILES string of the molecule is Cc1cccc(CBr)c1OCC(F)(F)c1ccccc1. The van der Waals surface area contributed by atoms with E-state index < -0.39 is 12.5 Å². The molecular formula is C16H15BrF2O. The van der Waals surface area contributed by atoms with Crippen LogP contribution in [0.15, 0.2) is 48.5 Å². The van der Waals surface area contributed by atoms with Gasteiger partial charge >= 0.3 is 5.92 Å². The number of hydrogen-bond donors (Lipinski definition) is 0. The standard InChI is InChI=1S/C16H15BrF2O/c1-12-6-5-7-13(10-17)15(12)20-11-16(18,19)14-8-3-2-4-9-14/h2-9H,10-11H2,1H3. The Bertz CT molecular complexity index is 570. The lowest BCUT2D eigenvalue weighted by Crippen LogP contribution is -2.23. The Hall–Kier alpha value is -1.42. The molecule has 4 heteroatoms. The number of hydrogen-bond acceptors (Lipinski definition) is 1. The zero-order valence-electron chi connectivity index (χ0n) is 11.1. The Kier molecular flexibility index (Phi) is 4.76. The van der Waals surface area contributed by atoms with Gasteiger partial charge in [-0.15, -0.1) is 0 Å². The van der Waals surface area contributed by atoms with E-state index in [1.165, 1.54) is 12.1 Å². The normalized spacial score (nSPS) is 11.4. The summed E-state index contributed by atoms with van der Waals surface area (Å²) < 4.78 is 33.5. The number of aryl methyl sites for hydroxylation is 1. The van der Waals surface area contributed by atoms with Gasteiger partial charge in [0.05, 0.1) is 0 Å². The van der Waals surface area contributed by atoms with Crippen LogP contribution >= 0.6 is 15.9 Å². The maximum atomic E-state index is 14.1. The summed E-state index contributed by atoms with van der Waals surface area (Å²) >= 11 is 3.34. The summed E-state index contributed by atoms with van der Waals surface area (Å²) in [5.41, 5.74) is 1.69. The third-order valence-electron chi connectivity index (χ3n) is 3.03. The molecule has 0 saturated carbocycles. The van der Waals surface area contributed by atoms with Gasteiger partial charge in [-0.1, -0.05) is 64.5 Å². The van der Waals surface area contributed by atoms with E-state index in [1.807, 2.05) is 25.1 Å². The molecule has 0 aromatic heterocycles. The maximum Gasteiger partial charge on any atom is 0.306 e. The summed E-state index contributed by atoms with van der Waals surface area (Å²) in [6.07, 6.45) is 0. The molecular weight excluding hydrogens is 326 g/mol. The molecule has 0 fully saturated rings. The van der Waals surface area contributed by atoms with Gasteiger partial charge < -0.3 is 4.74 Å². The van der Waals surface area contributed by atoms with E-state index in [4.69, 9.17) is 4.74 Å². The van der Waals surface area contributed by atoms with Gasteiger partial charge in [-0.2, -0.15) is 8.78 Å². The van der Waals surface area contributed by atoms with E-state index in [0.29, 0.717) is 11.1 Å². The zero-order chi connectivity index (χ0) is 14.6. The molecule has 20 heavy (non-hydrogen) atoms. The summed E-state index contributed by atoms with van der Waals surface area (Å²) in [5, 5.41) is 0.570. The van der Waals surface area contributed by atoms with Gasteiger partial charge in [0.25, 0.3) is 0 Å². The van der Waals surface area contributed by atoms with Gasteiger partial charge in [-0.3, -0.25) is 0 Å². The lowest BCUT2D eigenvalue weighted by molar-refractivity contribution is -0.0470. The molecule has 0 unspecified atom stereocenters. The van der Waals surface area contributed by atoms with Crippen molar-refractivity contribution in [3.8, 4) is 5.75 Å². The van der Waals surface area contributed by atoms with Crippen LogP contribution in [0.25, 0.3) is 0 Å². The van der Waals surface area contributed by atoms with Crippen molar-refractivity contribution in [1.29, 1.82) is 0 Å². The van der Waals surface area contributed by atoms with Gasteiger partial charge in [0, 0.05) is 16.5 Å². The van der Waals surface area contributed by atoms with Gasteiger partial charge in [-0.25, -0.2) is 0 Å². The first-order valence-electron chi connectivity index (χ1n) is 6.25. The van der Waals surface area contributed by atoms with Crippen molar-refractivity contribution in [2.45, 2.75) is 18.2 Å². The molecule has 0 aliphatic heterocycles. The first-order valence-corrected chi connectivity index (χ1v) is 7.37. The van der Waals surface area contributed by atoms with E-state index in [9.17, 15) is 8.78 Å². The third kappa shape index (κ3) is 3.37. The van der Waals surface area contributed by atoms with Crippen molar-refractivity contribution < 1.29 is 13.5 Å². The van der Waals surface area contributed by atoms with E-state index in [1.54, 1.807) is 18.2 Å². The highest BCUT2D eigenvalue weighted by atomic mass is 79.9. The minimum atomic E-state index is -3.01. The highest BCUT2D eigenvalue weighted by Crippen LogP contribution is 2.31. The molecule has 0 atom stereocenters. The molecule has 0 N–H and O–H groups in total. The molecule has 106 valence electrons. The topological polar surface area (TPSA) is 9.23 Å². The highest BCUT2D eigenvalue weighted by molar-refractivity contribution is 9.08. The van der Waals surface area contributed by atoms with Crippen LogP contribution in [0.5, 0.6) is 5.75 Å². The van der Waals surface area contributed by atoms with Crippen molar-refractivity contribution in [1.82, 2.24) is 0 Å². The largest absolute Gasteiger partial charge is 0.486 e. The smallest absolute Gasteiger partial charge is 0.306 e. The van der Waals surface area contributed by atoms with Crippen molar-refractivity contribution in [2.24, 2.45) is 0 Å². The maximum absolute atomic E-state index is 14.1. The Morgan fingerprint density at radius 2 is 1.75 bits per heavy atom. The average Bonchev–Trinajstić information content (AvgIpc) is 2.46. The number of rotatable bonds is 5. The number of halogens is 3. The molecule has 0 radical (unpaired) electrons. The van der Waals surface area contributed by atoms with Crippen LogP contribution in [0.2, 0.25) is 0 Å². The number of ether oxygens (including phenoxy) is 1.